The number of rotatable bonds is 12. The lowest BCUT2D eigenvalue weighted by Gasteiger charge is -2.59. The summed E-state index contributed by atoms with van der Waals surface area (Å²) in [5.41, 5.74) is 6.66. The van der Waals surface area contributed by atoms with Crippen LogP contribution in [0.2, 0.25) is 0 Å². The third-order valence-corrected chi connectivity index (χ3v) is 13.8. The van der Waals surface area contributed by atoms with E-state index in [1.54, 1.807) is 32.1 Å². The summed E-state index contributed by atoms with van der Waals surface area (Å²) >= 11 is 0. The Balaban J connectivity index is 1.10. The van der Waals surface area contributed by atoms with E-state index < -0.39 is 67.1 Å². The number of fused-ring (bicyclic) bond motifs is 7. The maximum Gasteiger partial charge on any atom is 0.470 e. The number of hydrogen-bond donors (Lipinski definition) is 5. The van der Waals surface area contributed by atoms with Gasteiger partial charge in [0.25, 0.3) is 0 Å². The van der Waals surface area contributed by atoms with Gasteiger partial charge in [0, 0.05) is 40.3 Å². The molecule has 6 N–H and O–H groups in total. The molecule has 0 unspecified atom stereocenters. The van der Waals surface area contributed by atoms with Gasteiger partial charge in [-0.25, -0.2) is 4.57 Å². The summed E-state index contributed by atoms with van der Waals surface area (Å²) in [4.78, 5) is 70.5. The summed E-state index contributed by atoms with van der Waals surface area (Å²) in [5.74, 6) is -2.06. The largest absolute Gasteiger partial charge is 0.470 e. The zero-order valence-corrected chi connectivity index (χ0v) is 32.9. The number of anilines is 1. The third-order valence-electron chi connectivity index (χ3n) is 13.3. The smallest absolute Gasteiger partial charge is 0.393 e. The van der Waals surface area contributed by atoms with Crippen LogP contribution in [0.4, 0.5) is 5.69 Å². The normalized spacial score (nSPS) is 34.4. The Bertz CT molecular complexity index is 2030. The van der Waals surface area contributed by atoms with Gasteiger partial charge < -0.3 is 35.4 Å². The molecular weight excluding hydrogens is 739 g/mol. The minimum Gasteiger partial charge on any atom is -0.393 e. The van der Waals surface area contributed by atoms with Crippen molar-refractivity contribution in [2.45, 2.75) is 96.4 Å². The third kappa shape index (κ3) is 7.22. The Hall–Kier alpha value is -3.65. The number of phosphoric acid groups is 1. The minimum absolute atomic E-state index is 0.0361. The second-order valence-electron chi connectivity index (χ2n) is 16.9. The van der Waals surface area contributed by atoms with Gasteiger partial charge in [-0.1, -0.05) is 68.8 Å². The SMILES string of the molecule is C[C@H](N)C(=O)C[C@@H](C)C(=O)Nc1cccc(Cc2ccc([C@@H]3O[C@@H]4C[C@H]5[C@@H]6CCC7=CC(=O)C=C[C@]7(C)[C@H]6[C@@H](O)C[C@]5(C)[C@]4(C(=O)COP(=O)(O)O)O3)cc2)c1. The van der Waals surface area contributed by atoms with E-state index in [0.29, 0.717) is 36.9 Å². The number of hydrogen-bond acceptors (Lipinski definition) is 10. The number of Topliss-reactive ketones (excluding diaryl/α,β-unsaturated/α-hetero) is 2. The van der Waals surface area contributed by atoms with E-state index in [-0.39, 0.29) is 48.1 Å². The highest BCUT2D eigenvalue weighted by molar-refractivity contribution is 7.46. The standard InChI is InChI=1S/C42H51N2O11P/c1-23(16-33(46)24(2)43)38(49)44-29-7-5-6-26(18-29)17-25-8-10-27(11-9-25)39-54-36-20-32-31-13-12-28-19-30(45)14-15-40(28,3)37(31)34(47)21-41(32,4)42(36,55-39)35(48)22-53-56(50,51)52/h5-11,14-15,18-19,23-24,31-32,34,36-37,39,47H,12-13,16-17,20-22,43H2,1-4H3,(H,44,49)(H2,50,51,52)/t23-,24+,31+,32+,34+,36-,37-,39-,40+,41+,42-/m1/s1. The topological polar surface area (TPSA) is 212 Å². The second kappa shape index (κ2) is 14.9. The van der Waals surface area contributed by atoms with Crippen LogP contribution in [-0.4, -0.2) is 68.6 Å². The Morgan fingerprint density at radius 1 is 1.09 bits per heavy atom. The highest BCUT2D eigenvalue weighted by Gasteiger charge is 2.76. The molecule has 56 heavy (non-hydrogen) atoms. The molecule has 0 radical (unpaired) electrons. The average molecular weight is 791 g/mol. The number of carbonyl (C=O) groups excluding carboxylic acids is 4. The van der Waals surface area contributed by atoms with Crippen molar-refractivity contribution in [2.24, 2.45) is 40.2 Å². The Labute approximate surface area is 326 Å². The second-order valence-corrected chi connectivity index (χ2v) is 18.2. The summed E-state index contributed by atoms with van der Waals surface area (Å²) in [5, 5.41) is 14.9. The number of benzene rings is 2. The first kappa shape index (κ1) is 40.5. The van der Waals surface area contributed by atoms with Crippen LogP contribution in [0.3, 0.4) is 0 Å². The van der Waals surface area contributed by atoms with Crippen LogP contribution < -0.4 is 11.1 Å². The fourth-order valence-electron chi connectivity index (χ4n) is 10.6. The molecule has 4 fully saturated rings. The van der Waals surface area contributed by atoms with E-state index in [2.05, 4.69) is 12.2 Å². The molecular formula is C42H51N2O11P. The number of aliphatic hydroxyl groups is 1. The maximum absolute atomic E-state index is 14.3. The van der Waals surface area contributed by atoms with Crippen LogP contribution in [-0.2, 0) is 44.2 Å². The first-order chi connectivity index (χ1) is 26.3. The number of phosphoric ester groups is 1. The van der Waals surface area contributed by atoms with Crippen LogP contribution >= 0.6 is 7.82 Å². The van der Waals surface area contributed by atoms with Gasteiger partial charge in [-0.2, -0.15) is 0 Å². The number of carbonyl (C=O) groups is 4. The lowest BCUT2D eigenvalue weighted by atomic mass is 9.46. The molecule has 0 bridgehead atoms. The number of ether oxygens (including phenoxy) is 2. The number of allylic oxidation sites excluding steroid dienone is 4. The van der Waals surface area contributed by atoms with Crippen LogP contribution in [0.5, 0.6) is 0 Å². The van der Waals surface area contributed by atoms with Gasteiger partial charge in [0.1, 0.15) is 12.4 Å². The first-order valence-corrected chi connectivity index (χ1v) is 20.8. The van der Waals surface area contributed by atoms with E-state index in [1.165, 1.54) is 0 Å². The van der Waals surface area contributed by atoms with Crippen molar-refractivity contribution in [2.75, 3.05) is 11.9 Å². The highest BCUT2D eigenvalue weighted by Crippen LogP contribution is 2.70. The van der Waals surface area contributed by atoms with Crippen molar-refractivity contribution in [3.8, 4) is 0 Å². The van der Waals surface area contributed by atoms with Crippen molar-refractivity contribution in [1.29, 1.82) is 0 Å². The zero-order valence-electron chi connectivity index (χ0n) is 32.1. The zero-order chi connectivity index (χ0) is 40.4. The van der Waals surface area contributed by atoms with Crippen molar-refractivity contribution in [3.63, 3.8) is 0 Å². The molecule has 4 aliphatic carbocycles. The van der Waals surface area contributed by atoms with Gasteiger partial charge in [-0.3, -0.25) is 23.7 Å². The van der Waals surface area contributed by atoms with Crippen molar-refractivity contribution in [1.82, 2.24) is 0 Å². The predicted molar refractivity (Wildman–Crippen MR) is 205 cm³/mol. The lowest BCUT2D eigenvalue weighted by molar-refractivity contribution is -0.200. The molecule has 0 aromatic heterocycles. The quantitative estimate of drug-likeness (QED) is 0.182. The molecule has 1 saturated heterocycles. The number of aliphatic hydroxyl groups excluding tert-OH is 1. The molecule has 13 nitrogen and oxygen atoms in total. The first-order valence-electron chi connectivity index (χ1n) is 19.3. The van der Waals surface area contributed by atoms with Crippen molar-refractivity contribution in [3.05, 3.63) is 89.0 Å². The lowest BCUT2D eigenvalue weighted by Crippen LogP contribution is -2.63. The van der Waals surface area contributed by atoms with Gasteiger partial charge in [-0.15, -0.1) is 0 Å². The van der Waals surface area contributed by atoms with Crippen LogP contribution in [0.15, 0.2) is 72.3 Å². The molecule has 2 aromatic rings. The molecule has 3 saturated carbocycles. The average Bonchev–Trinajstić information content (AvgIpc) is 3.63. The number of nitrogens with two attached hydrogens (primary N) is 1. The molecule has 0 spiro atoms. The summed E-state index contributed by atoms with van der Waals surface area (Å²) in [6, 6.07) is 14.4. The van der Waals surface area contributed by atoms with Crippen LogP contribution in [0, 0.1) is 34.5 Å². The summed E-state index contributed by atoms with van der Waals surface area (Å²) in [7, 11) is -5.00. The molecule has 2 aromatic carbocycles. The monoisotopic (exact) mass is 790 g/mol. The van der Waals surface area contributed by atoms with Gasteiger partial charge in [0.15, 0.2) is 23.5 Å². The Kier molecular flexibility index (Phi) is 10.8. The summed E-state index contributed by atoms with van der Waals surface area (Å²) < 4.78 is 29.9. The molecule has 11 atom stereocenters. The molecule has 1 heterocycles. The van der Waals surface area contributed by atoms with Crippen LogP contribution in [0.1, 0.15) is 82.8 Å². The number of amides is 1. The van der Waals surface area contributed by atoms with E-state index in [0.717, 1.165) is 16.7 Å². The van der Waals surface area contributed by atoms with E-state index in [4.69, 9.17) is 19.7 Å². The number of nitrogens with one attached hydrogen (secondary N) is 1. The van der Waals surface area contributed by atoms with Gasteiger partial charge >= 0.3 is 7.82 Å². The minimum atomic E-state index is -5.00. The van der Waals surface area contributed by atoms with Gasteiger partial charge in [0.2, 0.25) is 5.91 Å². The fourth-order valence-corrected chi connectivity index (χ4v) is 10.9. The van der Waals surface area contributed by atoms with Crippen LogP contribution in [0.25, 0.3) is 0 Å². The molecule has 5 aliphatic rings. The van der Waals surface area contributed by atoms with E-state index in [9.17, 15) is 38.6 Å². The fraction of sp³-hybridized carbons (Fsp3) is 0.524. The van der Waals surface area contributed by atoms with E-state index in [1.807, 2.05) is 55.5 Å². The molecule has 14 heteroatoms. The van der Waals surface area contributed by atoms with Gasteiger partial charge in [-0.05, 0) is 86.3 Å². The Morgan fingerprint density at radius 3 is 2.52 bits per heavy atom. The molecule has 1 aliphatic heterocycles. The predicted octanol–water partition coefficient (Wildman–Crippen LogP) is 4.88. The summed E-state index contributed by atoms with van der Waals surface area (Å²) in [6.07, 6.45) is 5.15. The summed E-state index contributed by atoms with van der Waals surface area (Å²) in [6.45, 7) is 6.39. The Morgan fingerprint density at radius 2 is 1.82 bits per heavy atom. The van der Waals surface area contributed by atoms with Gasteiger partial charge in [0.05, 0.1) is 18.2 Å². The molecule has 300 valence electrons. The molecule has 7 rings (SSSR count). The maximum atomic E-state index is 14.3. The van der Waals surface area contributed by atoms with E-state index >= 15 is 0 Å². The van der Waals surface area contributed by atoms with Crippen molar-refractivity contribution >= 4 is 36.8 Å². The highest BCUT2D eigenvalue weighted by atomic mass is 31.2. The van der Waals surface area contributed by atoms with Crippen molar-refractivity contribution < 1.29 is 52.6 Å². The molecule has 1 amide bonds. The number of ketones is 3.